The fourth-order valence-electron chi connectivity index (χ4n) is 2.99. The Labute approximate surface area is 175 Å². The zero-order valence-corrected chi connectivity index (χ0v) is 17.3. The zero-order valence-electron chi connectivity index (χ0n) is 17.3. The first-order chi connectivity index (χ1) is 14.6. The van der Waals surface area contributed by atoms with Gasteiger partial charge in [-0.15, -0.1) is 0 Å². The second-order valence-electron chi connectivity index (χ2n) is 6.70. The van der Waals surface area contributed by atoms with Crippen molar-refractivity contribution >= 4 is 16.7 Å². The Morgan fingerprint density at radius 3 is 2.57 bits per heavy atom. The molecule has 0 aliphatic rings. The molecule has 0 spiro atoms. The number of fused-ring (bicyclic) bond motifs is 1. The Balaban J connectivity index is 1.74. The Hall–Kier alpha value is -3.35. The lowest BCUT2D eigenvalue weighted by molar-refractivity contribution is -0.134. The molecule has 1 heterocycles. The summed E-state index contributed by atoms with van der Waals surface area (Å²) in [6.45, 7) is 4.73. The molecule has 7 heteroatoms. The summed E-state index contributed by atoms with van der Waals surface area (Å²) < 4.78 is 18.3. The third-order valence-electron chi connectivity index (χ3n) is 4.52. The molecule has 0 aliphatic carbocycles. The quantitative estimate of drug-likeness (QED) is 0.372. The molecule has 30 heavy (non-hydrogen) atoms. The maximum absolute atomic E-state index is 12.6. The predicted octanol–water partition coefficient (Wildman–Crippen LogP) is 3.97. The third kappa shape index (κ3) is 5.17. The van der Waals surface area contributed by atoms with E-state index in [0.717, 1.165) is 18.2 Å². The van der Waals surface area contributed by atoms with Gasteiger partial charge in [0.25, 0.3) is 5.56 Å². The monoisotopic (exact) mass is 410 g/mol. The second-order valence-corrected chi connectivity index (χ2v) is 6.70. The molecule has 0 N–H and O–H groups in total. The van der Waals surface area contributed by atoms with Crippen LogP contribution in [0.3, 0.4) is 0 Å². The largest absolute Gasteiger partial charge is 0.490 e. The Bertz CT molecular complexity index is 1060. The van der Waals surface area contributed by atoms with Crippen molar-refractivity contribution in [1.82, 2.24) is 9.78 Å². The number of nitrogens with zero attached hydrogens (tertiary/aromatic N) is 2. The van der Waals surface area contributed by atoms with Gasteiger partial charge in [-0.3, -0.25) is 9.59 Å². The number of carbonyl (C=O) groups is 1. The number of esters is 1. The molecule has 0 saturated heterocycles. The highest BCUT2D eigenvalue weighted by molar-refractivity contribution is 5.80. The maximum Gasteiger partial charge on any atom is 0.311 e. The molecule has 0 bridgehead atoms. The maximum atomic E-state index is 12.6. The molecule has 2 aromatic carbocycles. The van der Waals surface area contributed by atoms with Crippen molar-refractivity contribution in [3.63, 3.8) is 0 Å². The minimum absolute atomic E-state index is 0.175. The first-order valence-corrected chi connectivity index (χ1v) is 10.2. The second kappa shape index (κ2) is 10.4. The molecule has 0 amide bonds. The summed E-state index contributed by atoms with van der Waals surface area (Å²) in [6, 6.07) is 12.5. The molecule has 3 aromatic rings. The van der Waals surface area contributed by atoms with E-state index in [9.17, 15) is 9.59 Å². The number of benzene rings is 2. The Kier molecular flexibility index (Phi) is 7.43. The van der Waals surface area contributed by atoms with Gasteiger partial charge in [-0.2, -0.15) is 5.10 Å². The number of hydrogen-bond acceptors (Lipinski definition) is 6. The number of rotatable bonds is 10. The van der Waals surface area contributed by atoms with E-state index in [1.165, 1.54) is 4.68 Å². The fourth-order valence-corrected chi connectivity index (χ4v) is 2.99. The van der Waals surface area contributed by atoms with Gasteiger partial charge >= 0.3 is 5.97 Å². The number of carbonyl (C=O) groups excluding carboxylic acids is 1. The molecule has 3 rings (SSSR count). The van der Waals surface area contributed by atoms with Gasteiger partial charge in [0, 0.05) is 11.8 Å². The molecule has 158 valence electrons. The van der Waals surface area contributed by atoms with Crippen LogP contribution < -0.4 is 19.8 Å². The predicted molar refractivity (Wildman–Crippen MR) is 114 cm³/mol. The molecule has 0 radical (unpaired) electrons. The molecule has 0 aliphatic heterocycles. The van der Waals surface area contributed by atoms with Crippen molar-refractivity contribution in [2.45, 2.75) is 39.7 Å². The van der Waals surface area contributed by atoms with Crippen LogP contribution >= 0.6 is 0 Å². The average molecular weight is 410 g/mol. The lowest BCUT2D eigenvalue weighted by atomic mass is 10.2. The van der Waals surface area contributed by atoms with E-state index < -0.39 is 0 Å². The molecule has 1 aromatic heterocycles. The first kappa shape index (κ1) is 21.4. The standard InChI is InChI=1S/C23H26N2O5/c1-3-5-13-21(26)30-22-19(28-4-2)11-8-12-20(22)29-15-14-25-23(27)18-10-7-6-9-17(18)16-24-25/h6-12,16H,3-5,13-15H2,1-2H3. The number of hydrogen-bond donors (Lipinski definition) is 0. The lowest BCUT2D eigenvalue weighted by Gasteiger charge is -2.15. The van der Waals surface area contributed by atoms with Crippen LogP contribution in [0.1, 0.15) is 33.1 Å². The fraction of sp³-hybridized carbons (Fsp3) is 0.348. The van der Waals surface area contributed by atoms with Gasteiger partial charge in [-0.25, -0.2) is 4.68 Å². The van der Waals surface area contributed by atoms with Gasteiger partial charge in [-0.1, -0.05) is 37.6 Å². The van der Waals surface area contributed by atoms with Gasteiger partial charge < -0.3 is 14.2 Å². The van der Waals surface area contributed by atoms with Gasteiger partial charge in [0.2, 0.25) is 5.75 Å². The first-order valence-electron chi connectivity index (χ1n) is 10.2. The summed E-state index contributed by atoms with van der Waals surface area (Å²) in [5.41, 5.74) is -0.175. The molecule has 7 nitrogen and oxygen atoms in total. The van der Waals surface area contributed by atoms with Crippen LogP contribution in [0.2, 0.25) is 0 Å². The topological polar surface area (TPSA) is 79.7 Å². The molecule has 0 saturated carbocycles. The summed E-state index contributed by atoms with van der Waals surface area (Å²) in [4.78, 5) is 24.7. The van der Waals surface area contributed by atoms with Crippen LogP contribution in [0.15, 0.2) is 53.5 Å². The minimum atomic E-state index is -0.332. The molecular weight excluding hydrogens is 384 g/mol. The van der Waals surface area contributed by atoms with E-state index in [4.69, 9.17) is 14.2 Å². The average Bonchev–Trinajstić information content (AvgIpc) is 2.76. The van der Waals surface area contributed by atoms with E-state index in [-0.39, 0.29) is 30.4 Å². The van der Waals surface area contributed by atoms with Crippen LogP contribution in [0.5, 0.6) is 17.2 Å². The number of aromatic nitrogens is 2. The van der Waals surface area contributed by atoms with Crippen LogP contribution in [0.25, 0.3) is 10.8 Å². The molecule has 0 unspecified atom stereocenters. The van der Waals surface area contributed by atoms with Crippen LogP contribution in [-0.4, -0.2) is 29.0 Å². The van der Waals surface area contributed by atoms with E-state index in [1.54, 1.807) is 30.5 Å². The molecular formula is C23H26N2O5. The summed E-state index contributed by atoms with van der Waals surface area (Å²) in [6.07, 6.45) is 3.64. The highest BCUT2D eigenvalue weighted by Gasteiger charge is 2.16. The van der Waals surface area contributed by atoms with Gasteiger partial charge in [0.1, 0.15) is 6.61 Å². The summed E-state index contributed by atoms with van der Waals surface area (Å²) in [7, 11) is 0. The minimum Gasteiger partial charge on any atom is -0.490 e. The van der Waals surface area contributed by atoms with Crippen molar-refractivity contribution in [1.29, 1.82) is 0 Å². The van der Waals surface area contributed by atoms with E-state index >= 15 is 0 Å². The molecule has 0 atom stereocenters. The number of unbranched alkanes of at least 4 members (excludes halogenated alkanes) is 1. The van der Waals surface area contributed by atoms with Crippen molar-refractivity contribution in [3.05, 3.63) is 59.0 Å². The van der Waals surface area contributed by atoms with Crippen molar-refractivity contribution < 1.29 is 19.0 Å². The van der Waals surface area contributed by atoms with Gasteiger partial charge in [0.15, 0.2) is 11.5 Å². The van der Waals surface area contributed by atoms with Gasteiger partial charge in [0.05, 0.1) is 24.7 Å². The Morgan fingerprint density at radius 2 is 1.80 bits per heavy atom. The highest BCUT2D eigenvalue weighted by atomic mass is 16.6. The van der Waals surface area contributed by atoms with E-state index in [0.29, 0.717) is 29.9 Å². The van der Waals surface area contributed by atoms with E-state index in [2.05, 4.69) is 5.10 Å². The molecule has 0 fully saturated rings. The van der Waals surface area contributed by atoms with Crippen molar-refractivity contribution in [2.24, 2.45) is 0 Å². The van der Waals surface area contributed by atoms with Crippen LogP contribution in [0.4, 0.5) is 0 Å². The van der Waals surface area contributed by atoms with Crippen LogP contribution in [-0.2, 0) is 11.3 Å². The third-order valence-corrected chi connectivity index (χ3v) is 4.52. The summed E-state index contributed by atoms with van der Waals surface area (Å²) >= 11 is 0. The smallest absolute Gasteiger partial charge is 0.311 e. The lowest BCUT2D eigenvalue weighted by Crippen LogP contribution is -2.25. The zero-order chi connectivity index (χ0) is 21.3. The van der Waals surface area contributed by atoms with E-state index in [1.807, 2.05) is 32.0 Å². The Morgan fingerprint density at radius 1 is 1.03 bits per heavy atom. The normalized spacial score (nSPS) is 10.7. The number of ether oxygens (including phenoxy) is 3. The summed E-state index contributed by atoms with van der Waals surface area (Å²) in [5.74, 6) is 0.765. The highest BCUT2D eigenvalue weighted by Crippen LogP contribution is 2.37. The van der Waals surface area contributed by atoms with Crippen molar-refractivity contribution in [3.8, 4) is 17.2 Å². The summed E-state index contributed by atoms with van der Waals surface area (Å²) in [5, 5.41) is 5.61. The van der Waals surface area contributed by atoms with Crippen molar-refractivity contribution in [2.75, 3.05) is 13.2 Å². The van der Waals surface area contributed by atoms with Gasteiger partial charge in [-0.05, 0) is 31.5 Å². The SMILES string of the molecule is CCCCC(=O)Oc1c(OCC)cccc1OCCn1ncc2ccccc2c1=O. The number of para-hydroxylation sites is 1. The van der Waals surface area contributed by atoms with Crippen LogP contribution in [0, 0.1) is 0 Å².